The van der Waals surface area contributed by atoms with Crippen molar-refractivity contribution >= 4 is 45.1 Å². The van der Waals surface area contributed by atoms with E-state index in [2.05, 4.69) is 31.7 Å². The number of thiazole rings is 2. The Balaban J connectivity index is 1.52. The van der Waals surface area contributed by atoms with Gasteiger partial charge >= 0.3 is 0 Å². The minimum Gasteiger partial charge on any atom is -0.356 e. The van der Waals surface area contributed by atoms with Crippen LogP contribution < -0.4 is 10.6 Å². The third-order valence-corrected chi connectivity index (χ3v) is 6.08. The van der Waals surface area contributed by atoms with Gasteiger partial charge in [0.1, 0.15) is 27.3 Å². The van der Waals surface area contributed by atoms with Crippen molar-refractivity contribution in [2.75, 3.05) is 18.4 Å². The van der Waals surface area contributed by atoms with Crippen LogP contribution in [-0.4, -0.2) is 29.0 Å². The fraction of sp³-hybridized carbons (Fsp3) is 0.200. The Morgan fingerprint density at radius 1 is 1.17 bits per heavy atom. The number of nitriles is 1. The largest absolute Gasteiger partial charge is 0.356 e. The lowest BCUT2D eigenvalue weighted by Crippen LogP contribution is -2.35. The SMILES string of the molecule is N#Cc1ccc(-c2nc(-c3csc(NC4=NCCCN4)n3)cs2)s1. The second-order valence-electron chi connectivity index (χ2n) is 4.99. The highest BCUT2D eigenvalue weighted by molar-refractivity contribution is 7.21. The maximum atomic E-state index is 8.93. The molecule has 0 saturated heterocycles. The molecule has 0 aliphatic carbocycles. The summed E-state index contributed by atoms with van der Waals surface area (Å²) in [6, 6.07) is 5.92. The van der Waals surface area contributed by atoms with Crippen molar-refractivity contribution < 1.29 is 0 Å². The minimum absolute atomic E-state index is 0.697. The van der Waals surface area contributed by atoms with Gasteiger partial charge in [0.2, 0.25) is 0 Å². The van der Waals surface area contributed by atoms with E-state index in [9.17, 15) is 0 Å². The van der Waals surface area contributed by atoms with Gasteiger partial charge in [0.05, 0.1) is 4.88 Å². The van der Waals surface area contributed by atoms with Crippen molar-refractivity contribution in [3.05, 3.63) is 27.8 Å². The smallest absolute Gasteiger partial charge is 0.197 e. The standard InChI is InChI=1S/C15H12N6S3/c16-6-9-2-3-12(24-9)13-19-10(7-22-13)11-8-23-15(20-11)21-14-17-4-1-5-18-14/h2-3,7-8H,1,4-5H2,(H2,17,18,20,21). The number of guanidine groups is 1. The van der Waals surface area contributed by atoms with Gasteiger partial charge in [-0.25, -0.2) is 9.97 Å². The van der Waals surface area contributed by atoms with E-state index in [1.54, 1.807) is 11.3 Å². The van der Waals surface area contributed by atoms with Crippen LogP contribution in [0, 0.1) is 11.3 Å². The van der Waals surface area contributed by atoms with Crippen LogP contribution in [0.4, 0.5) is 5.13 Å². The molecule has 3 aromatic rings. The van der Waals surface area contributed by atoms with Crippen molar-refractivity contribution in [1.82, 2.24) is 15.3 Å². The van der Waals surface area contributed by atoms with Crippen LogP contribution in [0.5, 0.6) is 0 Å². The van der Waals surface area contributed by atoms with Crippen LogP contribution in [0.1, 0.15) is 11.3 Å². The number of nitrogens with zero attached hydrogens (tertiary/aromatic N) is 4. The first-order chi connectivity index (χ1) is 11.8. The molecule has 1 aliphatic heterocycles. The number of hydrogen-bond donors (Lipinski definition) is 2. The van der Waals surface area contributed by atoms with E-state index >= 15 is 0 Å². The molecule has 0 atom stereocenters. The zero-order chi connectivity index (χ0) is 16.4. The zero-order valence-corrected chi connectivity index (χ0v) is 14.9. The second-order valence-corrected chi connectivity index (χ2v) is 7.79. The molecule has 0 bridgehead atoms. The molecule has 0 radical (unpaired) electrons. The third kappa shape index (κ3) is 3.17. The predicted molar refractivity (Wildman–Crippen MR) is 99.8 cm³/mol. The molecule has 4 rings (SSSR count). The normalized spacial score (nSPS) is 13.9. The van der Waals surface area contributed by atoms with Crippen LogP contribution in [0.3, 0.4) is 0 Å². The van der Waals surface area contributed by atoms with Gasteiger partial charge in [-0.3, -0.25) is 4.99 Å². The molecule has 0 unspecified atom stereocenters. The highest BCUT2D eigenvalue weighted by Gasteiger charge is 2.13. The van der Waals surface area contributed by atoms with E-state index in [0.717, 1.165) is 51.9 Å². The average Bonchev–Trinajstić information content (AvgIpc) is 3.35. The zero-order valence-electron chi connectivity index (χ0n) is 12.4. The van der Waals surface area contributed by atoms with Crippen LogP contribution in [0.2, 0.25) is 0 Å². The average molecular weight is 373 g/mol. The lowest BCUT2D eigenvalue weighted by Gasteiger charge is -2.13. The Morgan fingerprint density at radius 2 is 2.04 bits per heavy atom. The van der Waals surface area contributed by atoms with Gasteiger partial charge in [0.15, 0.2) is 11.1 Å². The van der Waals surface area contributed by atoms with Crippen LogP contribution >= 0.6 is 34.0 Å². The molecular formula is C15H12N6S3. The first-order valence-electron chi connectivity index (χ1n) is 7.29. The van der Waals surface area contributed by atoms with E-state index in [1.807, 2.05) is 22.9 Å². The molecule has 0 fully saturated rings. The maximum Gasteiger partial charge on any atom is 0.197 e. The summed E-state index contributed by atoms with van der Waals surface area (Å²) in [5.74, 6) is 0.781. The Hall–Kier alpha value is -2.28. The summed E-state index contributed by atoms with van der Waals surface area (Å²) >= 11 is 4.55. The van der Waals surface area contributed by atoms with Crippen molar-refractivity contribution in [2.24, 2.45) is 4.99 Å². The van der Waals surface area contributed by atoms with Gasteiger partial charge in [0, 0.05) is 23.8 Å². The number of rotatable bonds is 3. The van der Waals surface area contributed by atoms with E-state index in [1.165, 1.54) is 22.7 Å². The molecule has 9 heteroatoms. The van der Waals surface area contributed by atoms with Crippen molar-refractivity contribution in [2.45, 2.75) is 6.42 Å². The van der Waals surface area contributed by atoms with Gasteiger partial charge in [-0.05, 0) is 18.6 Å². The van der Waals surface area contributed by atoms with Gasteiger partial charge in [0.25, 0.3) is 0 Å². The maximum absolute atomic E-state index is 8.93. The number of thiophene rings is 1. The van der Waals surface area contributed by atoms with E-state index in [0.29, 0.717) is 4.88 Å². The third-order valence-electron chi connectivity index (χ3n) is 3.32. The summed E-state index contributed by atoms with van der Waals surface area (Å²) in [5, 5.41) is 21.1. The van der Waals surface area contributed by atoms with E-state index in [-0.39, 0.29) is 0 Å². The number of aliphatic imine (C=N–C) groups is 1. The van der Waals surface area contributed by atoms with Crippen molar-refractivity contribution in [3.63, 3.8) is 0 Å². The Kier molecular flexibility index (Phi) is 4.25. The Labute approximate surface area is 150 Å². The van der Waals surface area contributed by atoms with Crippen molar-refractivity contribution in [1.29, 1.82) is 5.26 Å². The number of anilines is 1. The number of aromatic nitrogens is 2. The fourth-order valence-corrected chi connectivity index (χ4v) is 4.58. The molecular weight excluding hydrogens is 360 g/mol. The van der Waals surface area contributed by atoms with E-state index < -0.39 is 0 Å². The molecule has 3 aromatic heterocycles. The molecule has 2 N–H and O–H groups in total. The minimum atomic E-state index is 0.697. The Morgan fingerprint density at radius 3 is 2.83 bits per heavy atom. The first-order valence-corrected chi connectivity index (χ1v) is 9.86. The monoisotopic (exact) mass is 372 g/mol. The van der Waals surface area contributed by atoms with Gasteiger partial charge in [-0.1, -0.05) is 0 Å². The van der Waals surface area contributed by atoms with Crippen LogP contribution in [0.15, 0.2) is 27.9 Å². The molecule has 0 amide bonds. The summed E-state index contributed by atoms with van der Waals surface area (Å²) < 4.78 is 0. The van der Waals surface area contributed by atoms with Crippen LogP contribution in [0.25, 0.3) is 21.3 Å². The molecule has 0 saturated carbocycles. The van der Waals surface area contributed by atoms with Crippen LogP contribution in [-0.2, 0) is 0 Å². The highest BCUT2D eigenvalue weighted by atomic mass is 32.1. The quantitative estimate of drug-likeness (QED) is 0.733. The summed E-state index contributed by atoms with van der Waals surface area (Å²) in [6.07, 6.45) is 1.06. The predicted octanol–water partition coefficient (Wildman–Crippen LogP) is 3.63. The second kappa shape index (κ2) is 6.68. The topological polar surface area (TPSA) is 86.0 Å². The van der Waals surface area contributed by atoms with E-state index in [4.69, 9.17) is 5.26 Å². The summed E-state index contributed by atoms with van der Waals surface area (Å²) in [7, 11) is 0. The number of nitrogens with one attached hydrogen (secondary N) is 2. The summed E-state index contributed by atoms with van der Waals surface area (Å²) in [5.41, 5.74) is 1.70. The van der Waals surface area contributed by atoms with Crippen molar-refractivity contribution in [3.8, 4) is 27.3 Å². The molecule has 120 valence electrons. The molecule has 4 heterocycles. The Bertz CT molecular complexity index is 929. The molecule has 0 spiro atoms. The highest BCUT2D eigenvalue weighted by Crippen LogP contribution is 2.34. The van der Waals surface area contributed by atoms with Gasteiger partial charge in [-0.2, -0.15) is 5.26 Å². The summed E-state index contributed by atoms with van der Waals surface area (Å²) in [6.45, 7) is 1.78. The fourth-order valence-electron chi connectivity index (χ4n) is 2.18. The lowest BCUT2D eigenvalue weighted by atomic mass is 10.4. The molecule has 0 aromatic carbocycles. The van der Waals surface area contributed by atoms with Gasteiger partial charge in [-0.15, -0.1) is 34.0 Å². The lowest BCUT2D eigenvalue weighted by molar-refractivity contribution is 0.740. The molecule has 24 heavy (non-hydrogen) atoms. The summed E-state index contributed by atoms with van der Waals surface area (Å²) in [4.78, 5) is 15.3. The first kappa shape index (κ1) is 15.3. The number of hydrogen-bond acceptors (Lipinski definition) is 9. The molecule has 6 nitrogen and oxygen atoms in total. The molecule has 1 aliphatic rings. The van der Waals surface area contributed by atoms with Gasteiger partial charge < -0.3 is 10.6 Å².